The number of aromatic amines is 1. The number of nitrogens with one attached hydrogen (secondary N) is 2. The highest BCUT2D eigenvalue weighted by Crippen LogP contribution is 2.27. The molecule has 0 aliphatic carbocycles. The van der Waals surface area contributed by atoms with Crippen molar-refractivity contribution >= 4 is 34.7 Å². The second-order valence-corrected chi connectivity index (χ2v) is 7.01. The van der Waals surface area contributed by atoms with Crippen molar-refractivity contribution in [2.75, 3.05) is 13.2 Å². The summed E-state index contributed by atoms with van der Waals surface area (Å²) >= 11 is 0. The molecular formula is C21H24N4O4. The van der Waals surface area contributed by atoms with Crippen LogP contribution in [0.1, 0.15) is 30.5 Å². The number of hydrogen-bond acceptors (Lipinski definition) is 5. The minimum absolute atomic E-state index is 0.00572. The van der Waals surface area contributed by atoms with Gasteiger partial charge in [0.2, 0.25) is 0 Å². The number of carbonyl (C=O) groups is 2. The van der Waals surface area contributed by atoms with Crippen LogP contribution < -0.4 is 5.73 Å². The lowest BCUT2D eigenvalue weighted by Crippen LogP contribution is -2.34. The lowest BCUT2D eigenvalue weighted by Gasteiger charge is -2.22. The number of rotatable bonds is 11. The number of aromatic nitrogens is 1. The van der Waals surface area contributed by atoms with Crippen molar-refractivity contribution in [3.05, 3.63) is 47.7 Å². The number of ketones is 1. The molecule has 29 heavy (non-hydrogen) atoms. The third kappa shape index (κ3) is 4.78. The molecule has 2 heterocycles. The van der Waals surface area contributed by atoms with Gasteiger partial charge in [-0.1, -0.05) is 12.1 Å². The summed E-state index contributed by atoms with van der Waals surface area (Å²) in [7, 11) is 0. The van der Waals surface area contributed by atoms with Gasteiger partial charge in [0.05, 0.1) is 0 Å². The van der Waals surface area contributed by atoms with Crippen LogP contribution in [-0.2, 0) is 20.7 Å². The van der Waals surface area contributed by atoms with Gasteiger partial charge in [-0.15, -0.1) is 0 Å². The van der Waals surface area contributed by atoms with E-state index in [4.69, 9.17) is 21.0 Å². The summed E-state index contributed by atoms with van der Waals surface area (Å²) in [4.78, 5) is 31.1. The minimum Gasteiger partial charge on any atom is -0.480 e. The molecule has 1 aliphatic rings. The number of nitrogens with zero attached hydrogens (tertiary/aromatic N) is 1. The van der Waals surface area contributed by atoms with Crippen molar-refractivity contribution < 1.29 is 19.4 Å². The first-order chi connectivity index (χ1) is 13.9. The Bertz CT molecular complexity index is 978. The van der Waals surface area contributed by atoms with Crippen molar-refractivity contribution in [1.82, 2.24) is 4.98 Å². The zero-order chi connectivity index (χ0) is 20.9. The Morgan fingerprint density at radius 3 is 2.86 bits per heavy atom. The molecule has 0 amide bonds. The van der Waals surface area contributed by atoms with Gasteiger partial charge in [0.15, 0.2) is 5.78 Å². The van der Waals surface area contributed by atoms with E-state index in [0.29, 0.717) is 31.2 Å². The third-order valence-corrected chi connectivity index (χ3v) is 4.95. The summed E-state index contributed by atoms with van der Waals surface area (Å²) in [5, 5.41) is 17.2. The SMILES string of the molecule is N=C(N)c1cccc2[nH]c(CCC(=O)C3(CCCOCC(=O)O)C=CC=N3)cc12. The molecule has 0 saturated carbocycles. The number of carboxylic acids is 1. The zero-order valence-electron chi connectivity index (χ0n) is 16.0. The molecule has 5 N–H and O–H groups in total. The highest BCUT2D eigenvalue weighted by molar-refractivity contribution is 6.07. The normalized spacial score (nSPS) is 17.8. The first kappa shape index (κ1) is 20.5. The number of fused-ring (bicyclic) bond motifs is 1. The number of aliphatic carboxylic acids is 1. The standard InChI is InChI=1S/C21H24N4O4/c22-20(23)15-4-1-5-17-16(15)12-14(25-17)6-7-18(26)21(8-2-10-24-21)9-3-11-29-13-19(27)28/h1-2,4-5,8,10,12,25H,3,6-7,9,11,13H2,(H3,22,23)(H,27,28). The number of H-pyrrole nitrogens is 1. The zero-order valence-corrected chi connectivity index (χ0v) is 16.0. The van der Waals surface area contributed by atoms with Crippen LogP contribution in [0.5, 0.6) is 0 Å². The fourth-order valence-corrected chi connectivity index (χ4v) is 3.52. The second kappa shape index (κ2) is 8.83. The van der Waals surface area contributed by atoms with Crippen molar-refractivity contribution in [2.24, 2.45) is 10.7 Å². The monoisotopic (exact) mass is 396 g/mol. The van der Waals surface area contributed by atoms with E-state index in [1.54, 1.807) is 24.4 Å². The molecule has 1 aliphatic heterocycles. The molecule has 1 unspecified atom stereocenters. The molecule has 1 aromatic carbocycles. The van der Waals surface area contributed by atoms with Gasteiger partial charge in [0, 0.05) is 41.4 Å². The quantitative estimate of drug-likeness (QED) is 0.262. The maximum Gasteiger partial charge on any atom is 0.329 e. The van der Waals surface area contributed by atoms with Gasteiger partial charge in [-0.25, -0.2) is 4.79 Å². The van der Waals surface area contributed by atoms with Crippen LogP contribution in [0.25, 0.3) is 10.9 Å². The van der Waals surface area contributed by atoms with Crippen LogP contribution in [0.15, 0.2) is 41.4 Å². The predicted octanol–water partition coefficient (Wildman–Crippen LogP) is 2.21. The Morgan fingerprint density at radius 2 is 2.17 bits per heavy atom. The molecule has 3 rings (SSSR count). The van der Waals surface area contributed by atoms with Gasteiger partial charge in [-0.05, 0) is 43.5 Å². The summed E-state index contributed by atoms with van der Waals surface area (Å²) in [6.45, 7) is -0.0801. The molecule has 0 fully saturated rings. The third-order valence-electron chi connectivity index (χ3n) is 4.95. The number of carbonyl (C=O) groups excluding carboxylic acids is 1. The number of nitrogen functional groups attached to an aromatic ring is 1. The minimum atomic E-state index is -1.01. The van der Waals surface area contributed by atoms with Crippen molar-refractivity contribution in [3.8, 4) is 0 Å². The van der Waals surface area contributed by atoms with Crippen LogP contribution >= 0.6 is 0 Å². The summed E-state index contributed by atoms with van der Waals surface area (Å²) in [6.07, 6.45) is 7.02. The molecule has 0 radical (unpaired) electrons. The van der Waals surface area contributed by atoms with Crippen molar-refractivity contribution in [2.45, 2.75) is 31.2 Å². The molecule has 152 valence electrons. The van der Waals surface area contributed by atoms with E-state index in [9.17, 15) is 9.59 Å². The number of aliphatic imine (C=N–C) groups is 1. The molecule has 8 nitrogen and oxygen atoms in total. The number of benzene rings is 1. The number of nitrogens with two attached hydrogens (primary N) is 1. The van der Waals surface area contributed by atoms with Gasteiger partial charge in [-0.2, -0.15) is 0 Å². The maximum atomic E-state index is 12.9. The smallest absolute Gasteiger partial charge is 0.329 e. The summed E-state index contributed by atoms with van der Waals surface area (Å²) in [6, 6.07) is 7.48. The topological polar surface area (TPSA) is 142 Å². The van der Waals surface area contributed by atoms with Crippen LogP contribution in [0.3, 0.4) is 0 Å². The molecule has 8 heteroatoms. The van der Waals surface area contributed by atoms with Gasteiger partial charge < -0.3 is 20.6 Å². The summed E-state index contributed by atoms with van der Waals surface area (Å²) in [5.74, 6) is -1.00. The maximum absolute atomic E-state index is 12.9. The number of allylic oxidation sites excluding steroid dienone is 1. The van der Waals surface area contributed by atoms with Crippen molar-refractivity contribution in [3.63, 3.8) is 0 Å². The molecule has 1 atom stereocenters. The van der Waals surface area contributed by atoms with Gasteiger partial charge in [0.25, 0.3) is 0 Å². The number of aryl methyl sites for hydroxylation is 1. The first-order valence-corrected chi connectivity index (χ1v) is 9.42. The molecule has 0 saturated heterocycles. The fourth-order valence-electron chi connectivity index (χ4n) is 3.52. The largest absolute Gasteiger partial charge is 0.480 e. The number of carboxylic acid groups (broad SMARTS) is 1. The lowest BCUT2D eigenvalue weighted by atomic mass is 9.87. The molecular weight excluding hydrogens is 372 g/mol. The number of Topliss-reactive ketones (excluding diaryl/α,β-unsaturated/α-hetero) is 1. The van der Waals surface area contributed by atoms with E-state index in [1.165, 1.54) is 0 Å². The Hall–Kier alpha value is -3.26. The molecule has 0 spiro atoms. The number of amidine groups is 1. The first-order valence-electron chi connectivity index (χ1n) is 9.42. The molecule has 0 bridgehead atoms. The average Bonchev–Trinajstić information content (AvgIpc) is 3.32. The van der Waals surface area contributed by atoms with Crippen LogP contribution in [0.4, 0.5) is 0 Å². The van der Waals surface area contributed by atoms with E-state index in [1.807, 2.05) is 18.2 Å². The van der Waals surface area contributed by atoms with Crippen LogP contribution in [0.2, 0.25) is 0 Å². The molecule has 2 aromatic rings. The fraction of sp³-hybridized carbons (Fsp3) is 0.333. The number of ether oxygens (including phenoxy) is 1. The molecule has 1 aromatic heterocycles. The number of hydrogen-bond donors (Lipinski definition) is 4. The van der Waals surface area contributed by atoms with Gasteiger partial charge in [0.1, 0.15) is 18.0 Å². The summed E-state index contributed by atoms with van der Waals surface area (Å²) < 4.78 is 5.05. The van der Waals surface area contributed by atoms with E-state index in [2.05, 4.69) is 9.98 Å². The second-order valence-electron chi connectivity index (χ2n) is 7.01. The van der Waals surface area contributed by atoms with E-state index in [0.717, 1.165) is 16.6 Å². The van der Waals surface area contributed by atoms with E-state index in [-0.39, 0.29) is 24.8 Å². The average molecular weight is 396 g/mol. The lowest BCUT2D eigenvalue weighted by molar-refractivity contribution is -0.142. The Balaban J connectivity index is 1.62. The van der Waals surface area contributed by atoms with E-state index < -0.39 is 11.5 Å². The highest BCUT2D eigenvalue weighted by Gasteiger charge is 2.35. The van der Waals surface area contributed by atoms with Crippen molar-refractivity contribution in [1.29, 1.82) is 5.41 Å². The Labute approximate surface area is 168 Å². The van der Waals surface area contributed by atoms with Crippen LogP contribution in [-0.4, -0.2) is 52.6 Å². The van der Waals surface area contributed by atoms with E-state index >= 15 is 0 Å². The highest BCUT2D eigenvalue weighted by atomic mass is 16.5. The Morgan fingerprint density at radius 1 is 1.34 bits per heavy atom. The van der Waals surface area contributed by atoms with Crippen LogP contribution in [0, 0.1) is 5.41 Å². The Kier molecular flexibility index (Phi) is 6.23. The van der Waals surface area contributed by atoms with Gasteiger partial charge in [-0.3, -0.25) is 15.2 Å². The van der Waals surface area contributed by atoms with Gasteiger partial charge >= 0.3 is 5.97 Å². The predicted molar refractivity (Wildman–Crippen MR) is 111 cm³/mol. The summed E-state index contributed by atoms with van der Waals surface area (Å²) in [5.41, 5.74) is 7.18.